The molecule has 3 aromatic rings. The van der Waals surface area contributed by atoms with Crippen molar-refractivity contribution in [1.29, 1.82) is 0 Å². The van der Waals surface area contributed by atoms with Gasteiger partial charge in [0, 0.05) is 29.0 Å². The van der Waals surface area contributed by atoms with Crippen LogP contribution < -0.4 is 10.1 Å². The predicted octanol–water partition coefficient (Wildman–Crippen LogP) is 3.89. The van der Waals surface area contributed by atoms with Crippen molar-refractivity contribution in [2.24, 2.45) is 0 Å². The summed E-state index contributed by atoms with van der Waals surface area (Å²) >= 11 is 0. The molecule has 1 amide bonds. The van der Waals surface area contributed by atoms with Gasteiger partial charge < -0.3 is 10.1 Å². The van der Waals surface area contributed by atoms with Gasteiger partial charge in [-0.15, -0.1) is 0 Å². The number of rotatable bonds is 4. The van der Waals surface area contributed by atoms with Gasteiger partial charge in [0.15, 0.2) is 0 Å². The number of hydrogen-bond acceptors (Lipinski definition) is 3. The predicted molar refractivity (Wildman–Crippen MR) is 87.3 cm³/mol. The van der Waals surface area contributed by atoms with Gasteiger partial charge in [-0.05, 0) is 48.7 Å². The number of carbonyl (C=O) groups is 1. The Morgan fingerprint density at radius 3 is 2.73 bits per heavy atom. The number of hydrogen-bond donors (Lipinski definition) is 1. The van der Waals surface area contributed by atoms with Crippen molar-refractivity contribution in [3.63, 3.8) is 0 Å². The highest BCUT2D eigenvalue weighted by atomic mass is 16.5. The zero-order chi connectivity index (χ0) is 15.4. The molecule has 0 aliphatic rings. The van der Waals surface area contributed by atoms with Crippen LogP contribution in [-0.2, 0) is 0 Å². The smallest absolute Gasteiger partial charge is 0.256 e. The summed E-state index contributed by atoms with van der Waals surface area (Å²) in [5.41, 5.74) is 1.34. The molecule has 1 heterocycles. The van der Waals surface area contributed by atoms with Crippen molar-refractivity contribution in [2.45, 2.75) is 6.92 Å². The summed E-state index contributed by atoms with van der Waals surface area (Å²) in [5, 5.41) is 4.73. The van der Waals surface area contributed by atoms with Crippen molar-refractivity contribution in [2.75, 3.05) is 11.9 Å². The zero-order valence-corrected chi connectivity index (χ0v) is 12.2. The molecule has 1 N–H and O–H groups in total. The fourth-order valence-corrected chi connectivity index (χ4v) is 2.31. The summed E-state index contributed by atoms with van der Waals surface area (Å²) in [6.07, 6.45) is 3.43. The number of fused-ring (bicyclic) bond motifs is 1. The van der Waals surface area contributed by atoms with Crippen molar-refractivity contribution < 1.29 is 9.53 Å². The van der Waals surface area contributed by atoms with Gasteiger partial charge in [0.1, 0.15) is 5.75 Å². The van der Waals surface area contributed by atoms with E-state index < -0.39 is 0 Å². The van der Waals surface area contributed by atoms with E-state index in [1.807, 2.05) is 49.4 Å². The quantitative estimate of drug-likeness (QED) is 0.793. The largest absolute Gasteiger partial charge is 0.494 e. The summed E-state index contributed by atoms with van der Waals surface area (Å²) in [5.74, 6) is 0.637. The molecule has 0 aliphatic heterocycles. The molecule has 22 heavy (non-hydrogen) atoms. The second kappa shape index (κ2) is 6.26. The first kappa shape index (κ1) is 14.1. The normalized spacial score (nSPS) is 10.4. The molecule has 0 atom stereocenters. The Bertz CT molecular complexity index is 792. The van der Waals surface area contributed by atoms with Crippen LogP contribution in [-0.4, -0.2) is 17.5 Å². The second-order valence-corrected chi connectivity index (χ2v) is 4.81. The highest BCUT2D eigenvalue weighted by Crippen LogP contribution is 2.20. The Morgan fingerprint density at radius 2 is 1.95 bits per heavy atom. The number of pyridine rings is 1. The summed E-state index contributed by atoms with van der Waals surface area (Å²) in [4.78, 5) is 16.6. The van der Waals surface area contributed by atoms with Crippen LogP contribution in [0.4, 0.5) is 5.69 Å². The first-order chi connectivity index (χ1) is 10.8. The first-order valence-electron chi connectivity index (χ1n) is 7.15. The topological polar surface area (TPSA) is 51.2 Å². The fraction of sp³-hybridized carbons (Fsp3) is 0.111. The number of carbonyl (C=O) groups excluding carboxylic acids is 1. The van der Waals surface area contributed by atoms with Crippen LogP contribution in [0, 0.1) is 0 Å². The number of nitrogens with zero attached hydrogens (tertiary/aromatic N) is 1. The van der Waals surface area contributed by atoms with Gasteiger partial charge in [-0.3, -0.25) is 9.78 Å². The van der Waals surface area contributed by atoms with E-state index >= 15 is 0 Å². The average Bonchev–Trinajstić information content (AvgIpc) is 2.56. The van der Waals surface area contributed by atoms with E-state index in [0.717, 1.165) is 22.2 Å². The molecule has 0 unspecified atom stereocenters. The van der Waals surface area contributed by atoms with Crippen LogP contribution in [0.25, 0.3) is 10.8 Å². The zero-order valence-electron chi connectivity index (χ0n) is 12.2. The van der Waals surface area contributed by atoms with Crippen LogP contribution >= 0.6 is 0 Å². The molecule has 0 fully saturated rings. The van der Waals surface area contributed by atoms with E-state index in [2.05, 4.69) is 10.3 Å². The summed E-state index contributed by atoms with van der Waals surface area (Å²) < 4.78 is 5.39. The van der Waals surface area contributed by atoms with Crippen LogP contribution in [0.2, 0.25) is 0 Å². The van der Waals surface area contributed by atoms with E-state index in [-0.39, 0.29) is 5.91 Å². The van der Waals surface area contributed by atoms with Crippen molar-refractivity contribution in [1.82, 2.24) is 4.98 Å². The van der Waals surface area contributed by atoms with Crippen LogP contribution in [0.3, 0.4) is 0 Å². The number of anilines is 1. The first-order valence-corrected chi connectivity index (χ1v) is 7.15. The van der Waals surface area contributed by atoms with Crippen molar-refractivity contribution in [3.05, 3.63) is 66.5 Å². The number of amides is 1. The van der Waals surface area contributed by atoms with Gasteiger partial charge in [-0.2, -0.15) is 0 Å². The van der Waals surface area contributed by atoms with Crippen LogP contribution in [0.1, 0.15) is 17.3 Å². The van der Waals surface area contributed by atoms with Gasteiger partial charge in [0.25, 0.3) is 5.91 Å². The average molecular weight is 292 g/mol. The van der Waals surface area contributed by atoms with E-state index in [4.69, 9.17) is 4.74 Å². The second-order valence-electron chi connectivity index (χ2n) is 4.81. The van der Waals surface area contributed by atoms with Gasteiger partial charge in [0.05, 0.1) is 6.61 Å². The number of aromatic nitrogens is 1. The lowest BCUT2D eigenvalue weighted by atomic mass is 10.1. The van der Waals surface area contributed by atoms with Crippen molar-refractivity contribution >= 4 is 22.4 Å². The van der Waals surface area contributed by atoms with Crippen LogP contribution in [0.5, 0.6) is 5.75 Å². The monoisotopic (exact) mass is 292 g/mol. The molecule has 3 rings (SSSR count). The molecule has 0 radical (unpaired) electrons. The molecule has 0 saturated heterocycles. The lowest BCUT2D eigenvalue weighted by Crippen LogP contribution is -2.12. The molecular formula is C18H16N2O2. The van der Waals surface area contributed by atoms with Gasteiger partial charge in [-0.1, -0.05) is 12.1 Å². The van der Waals surface area contributed by atoms with Gasteiger partial charge in [-0.25, -0.2) is 0 Å². The maximum atomic E-state index is 12.5. The lowest BCUT2D eigenvalue weighted by molar-refractivity contribution is 0.102. The number of ether oxygens (including phenoxy) is 1. The lowest BCUT2D eigenvalue weighted by Gasteiger charge is -2.09. The third-order valence-corrected chi connectivity index (χ3v) is 3.35. The minimum atomic E-state index is -0.150. The highest BCUT2D eigenvalue weighted by Gasteiger charge is 2.10. The van der Waals surface area contributed by atoms with E-state index in [0.29, 0.717) is 12.2 Å². The minimum Gasteiger partial charge on any atom is -0.494 e. The van der Waals surface area contributed by atoms with Crippen LogP contribution in [0.15, 0.2) is 60.9 Å². The summed E-state index contributed by atoms with van der Waals surface area (Å²) in [6, 6.07) is 14.9. The number of nitrogens with one attached hydrogen (secondary N) is 1. The maximum absolute atomic E-state index is 12.5. The molecule has 110 valence electrons. The highest BCUT2D eigenvalue weighted by molar-refractivity contribution is 6.12. The van der Waals surface area contributed by atoms with Crippen molar-refractivity contribution in [3.8, 4) is 5.75 Å². The third-order valence-electron chi connectivity index (χ3n) is 3.35. The van der Waals surface area contributed by atoms with E-state index in [1.165, 1.54) is 0 Å². The molecule has 4 nitrogen and oxygen atoms in total. The molecular weight excluding hydrogens is 276 g/mol. The Balaban J connectivity index is 1.84. The Morgan fingerprint density at radius 1 is 1.14 bits per heavy atom. The Labute approximate surface area is 128 Å². The SMILES string of the molecule is CCOc1ccc(NC(=O)c2cccc3ccncc23)cc1. The summed E-state index contributed by atoms with van der Waals surface area (Å²) in [7, 11) is 0. The molecule has 4 heteroatoms. The standard InChI is InChI=1S/C18H16N2O2/c1-2-22-15-8-6-14(7-9-15)20-18(21)16-5-3-4-13-10-11-19-12-17(13)16/h3-12H,2H2,1H3,(H,20,21). The summed E-state index contributed by atoms with van der Waals surface area (Å²) in [6.45, 7) is 2.55. The Hall–Kier alpha value is -2.88. The van der Waals surface area contributed by atoms with Gasteiger partial charge in [0.2, 0.25) is 0 Å². The number of benzene rings is 2. The maximum Gasteiger partial charge on any atom is 0.256 e. The van der Waals surface area contributed by atoms with Gasteiger partial charge >= 0.3 is 0 Å². The molecule has 0 aliphatic carbocycles. The molecule has 0 spiro atoms. The third kappa shape index (κ3) is 2.91. The molecule has 0 bridgehead atoms. The molecule has 1 aromatic heterocycles. The fourth-order valence-electron chi connectivity index (χ4n) is 2.31. The molecule has 0 saturated carbocycles. The Kier molecular flexibility index (Phi) is 4.01. The van der Waals surface area contributed by atoms with E-state index in [9.17, 15) is 4.79 Å². The van der Waals surface area contributed by atoms with E-state index in [1.54, 1.807) is 18.5 Å². The molecule has 2 aromatic carbocycles. The minimum absolute atomic E-state index is 0.150.